The molecule has 0 aliphatic rings. The molecule has 0 aliphatic heterocycles. The van der Waals surface area contributed by atoms with E-state index in [1.54, 1.807) is 0 Å². The van der Waals surface area contributed by atoms with Crippen LogP contribution in [0.2, 0.25) is 5.32 Å². The molecule has 0 spiro atoms. The van der Waals surface area contributed by atoms with Gasteiger partial charge in [0.2, 0.25) is 11.8 Å². The Morgan fingerprint density at radius 1 is 0.871 bits per heavy atom. The maximum atomic E-state index is 11.5. The molecule has 0 unspecified atom stereocenters. The van der Waals surface area contributed by atoms with Gasteiger partial charge >= 0.3 is 83.5 Å². The van der Waals surface area contributed by atoms with E-state index in [4.69, 9.17) is 26.8 Å². The minimum absolute atomic E-state index is 0.0256. The molecule has 0 aromatic rings. The minimum atomic E-state index is -1.22. The summed E-state index contributed by atoms with van der Waals surface area (Å²) in [5.41, 5.74) is 10.5. The van der Waals surface area contributed by atoms with Gasteiger partial charge < -0.3 is 26.6 Å². The van der Waals surface area contributed by atoms with Crippen LogP contribution in [-0.4, -0.2) is 104 Å². The molecule has 3 atom stereocenters. The number of thiol groups is 1. The van der Waals surface area contributed by atoms with Gasteiger partial charge in [0.15, 0.2) is 0 Å². The Labute approximate surface area is 191 Å². The van der Waals surface area contributed by atoms with Gasteiger partial charge in [-0.2, -0.15) is 12.6 Å². The van der Waals surface area contributed by atoms with E-state index in [1.807, 2.05) is 0 Å². The second-order valence-corrected chi connectivity index (χ2v) is 6.93. The van der Waals surface area contributed by atoms with Gasteiger partial charge in [0, 0.05) is 12.2 Å². The fourth-order valence-electron chi connectivity index (χ4n) is 1.53. The van der Waals surface area contributed by atoms with E-state index in [-0.39, 0.29) is 25.1 Å². The summed E-state index contributed by atoms with van der Waals surface area (Å²) in [6.07, 6.45) is -0.235. The van der Waals surface area contributed by atoms with E-state index < -0.39 is 60.3 Å². The number of hydrogen-bond donors (Lipinski definition) is 9. The number of carbonyl (C=O) groups excluding carboxylic acids is 3. The third-order valence-electron chi connectivity index (χ3n) is 3.20. The summed E-state index contributed by atoms with van der Waals surface area (Å²) in [5, 5.41) is 32.1. The Kier molecular flexibility index (Phi) is 17.2. The molecule has 0 radical (unpaired) electrons. The number of hydrogen-bond acceptors (Lipinski definition) is 9. The summed E-state index contributed by atoms with van der Waals surface area (Å²) < 4.78 is 0. The zero-order valence-corrected chi connectivity index (χ0v) is 19.1. The number of nitrogens with two attached hydrogens (primary N) is 2. The van der Waals surface area contributed by atoms with Crippen molar-refractivity contribution >= 4 is 64.3 Å². The zero-order valence-electron chi connectivity index (χ0n) is 16.3. The van der Waals surface area contributed by atoms with Crippen LogP contribution in [0, 0.1) is 0 Å². The first-order chi connectivity index (χ1) is 14.3. The maximum absolute atomic E-state index is 11.5. The van der Waals surface area contributed by atoms with Crippen molar-refractivity contribution in [1.29, 1.82) is 0 Å². The van der Waals surface area contributed by atoms with Crippen molar-refractivity contribution in [1.82, 2.24) is 16.0 Å². The van der Waals surface area contributed by atoms with Crippen molar-refractivity contribution in [3.63, 3.8) is 0 Å². The van der Waals surface area contributed by atoms with Crippen molar-refractivity contribution in [3.8, 4) is 0 Å². The first-order valence-electron chi connectivity index (χ1n) is 8.59. The number of carbonyl (C=O) groups is 6. The summed E-state index contributed by atoms with van der Waals surface area (Å²) in [7, 11) is 0. The number of aliphatic carboxylic acids is 3. The summed E-state index contributed by atoms with van der Waals surface area (Å²) in [5.74, 6) is -5.21. The Bertz CT molecular complexity index is 652. The molecule has 0 aliphatic carbocycles. The average molecular weight is 532 g/mol. The van der Waals surface area contributed by atoms with Crippen LogP contribution in [0.15, 0.2) is 0 Å². The molecule has 0 aromatic heterocycles. The number of carboxylic acids is 3. The van der Waals surface area contributed by atoms with Crippen molar-refractivity contribution in [2.75, 3.05) is 18.8 Å². The monoisotopic (exact) mass is 533 g/mol. The number of rotatable bonds is 13. The summed E-state index contributed by atoms with van der Waals surface area (Å²) in [4.78, 5) is 64.5. The van der Waals surface area contributed by atoms with Crippen LogP contribution in [0.5, 0.6) is 0 Å². The molecule has 3 amide bonds. The van der Waals surface area contributed by atoms with Crippen molar-refractivity contribution in [2.24, 2.45) is 11.5 Å². The standard InChI is InChI=1S/C10H17N3O6S.C5H10N2O3Se/c11-5(10(18)19)1-2-7(14)13-6(4-20)9(17)12-3-8(15)16;6-3(2-11)5(10)7-1-4(8)9/h5-6,20H,1-4,11H2,(H,12,17)(H,13,14)(H,15,16)(H,18,19);3,11H,1-2,6H2,(H,7,10)(H,8,9)/t5-,6-;3-/m00/s1. The Balaban J connectivity index is 0. The van der Waals surface area contributed by atoms with E-state index in [1.165, 1.54) is 0 Å². The molecule has 0 rings (SSSR count). The molecule has 0 saturated carbocycles. The molecule has 178 valence electrons. The average Bonchev–Trinajstić information content (AvgIpc) is 2.71. The third kappa shape index (κ3) is 17.0. The van der Waals surface area contributed by atoms with Crippen LogP contribution in [0.4, 0.5) is 0 Å². The molecule has 10 N–H and O–H groups in total. The Morgan fingerprint density at radius 3 is 1.74 bits per heavy atom. The van der Waals surface area contributed by atoms with Gasteiger partial charge in [0.05, 0.1) is 0 Å². The fraction of sp³-hybridized carbons (Fsp3) is 0.600. The van der Waals surface area contributed by atoms with Gasteiger partial charge in [-0.3, -0.25) is 19.2 Å². The first kappa shape index (κ1) is 30.8. The van der Waals surface area contributed by atoms with Crippen LogP contribution in [0.1, 0.15) is 12.8 Å². The normalized spacial score (nSPS) is 12.8. The van der Waals surface area contributed by atoms with Crippen molar-refractivity contribution in [2.45, 2.75) is 36.3 Å². The quantitative estimate of drug-likeness (QED) is 0.0809. The van der Waals surface area contributed by atoms with Gasteiger partial charge in [-0.15, -0.1) is 0 Å². The van der Waals surface area contributed by atoms with Crippen LogP contribution in [0.3, 0.4) is 0 Å². The summed E-state index contributed by atoms with van der Waals surface area (Å²) in [6.45, 7) is -0.942. The summed E-state index contributed by atoms with van der Waals surface area (Å²) >= 11 is 6.04. The van der Waals surface area contributed by atoms with Gasteiger partial charge in [-0.1, -0.05) is 0 Å². The van der Waals surface area contributed by atoms with Crippen molar-refractivity contribution < 1.29 is 44.1 Å². The van der Waals surface area contributed by atoms with Gasteiger partial charge in [0.25, 0.3) is 0 Å². The zero-order chi connectivity index (χ0) is 24.6. The predicted octanol–water partition coefficient (Wildman–Crippen LogP) is -4.37. The van der Waals surface area contributed by atoms with E-state index in [0.29, 0.717) is 5.32 Å². The van der Waals surface area contributed by atoms with Gasteiger partial charge in [-0.05, 0) is 6.42 Å². The van der Waals surface area contributed by atoms with Gasteiger partial charge in [0.1, 0.15) is 18.6 Å². The second-order valence-electron chi connectivity index (χ2n) is 5.80. The predicted molar refractivity (Wildman–Crippen MR) is 112 cm³/mol. The SMILES string of the molecule is N[C@@H](CCC(=O)N[C@@H](CS)C(=O)NCC(=O)O)C(=O)O.N[C@@H](C[SeH])C(=O)NCC(=O)O. The fourth-order valence-corrected chi connectivity index (χ4v) is 2.14. The number of carboxylic acid groups (broad SMARTS) is 3. The molecule has 31 heavy (non-hydrogen) atoms. The van der Waals surface area contributed by atoms with Crippen LogP contribution < -0.4 is 27.4 Å². The van der Waals surface area contributed by atoms with Gasteiger partial charge in [-0.25, -0.2) is 0 Å². The molecule has 0 aromatic carbocycles. The molecule has 0 saturated heterocycles. The Morgan fingerprint density at radius 2 is 1.35 bits per heavy atom. The third-order valence-corrected chi connectivity index (χ3v) is 4.39. The van der Waals surface area contributed by atoms with E-state index in [0.717, 1.165) is 0 Å². The van der Waals surface area contributed by atoms with E-state index in [2.05, 4.69) is 44.6 Å². The van der Waals surface area contributed by atoms with E-state index in [9.17, 15) is 28.8 Å². The van der Waals surface area contributed by atoms with Crippen LogP contribution in [0.25, 0.3) is 0 Å². The van der Waals surface area contributed by atoms with E-state index >= 15 is 0 Å². The topological polar surface area (TPSA) is 251 Å². The van der Waals surface area contributed by atoms with Crippen LogP contribution in [-0.2, 0) is 28.8 Å². The number of nitrogens with one attached hydrogen (secondary N) is 3. The van der Waals surface area contributed by atoms with Crippen LogP contribution >= 0.6 is 12.6 Å². The molecule has 0 bridgehead atoms. The second kappa shape index (κ2) is 17.3. The van der Waals surface area contributed by atoms with Crippen molar-refractivity contribution in [3.05, 3.63) is 0 Å². The number of amides is 3. The summed E-state index contributed by atoms with van der Waals surface area (Å²) in [6, 6.07) is -2.78. The molecule has 0 heterocycles. The molecule has 14 nitrogen and oxygen atoms in total. The molecule has 16 heteroatoms. The molecular weight excluding hydrogens is 505 g/mol. The Hall–Kier alpha value is -2.39. The molecule has 0 fully saturated rings. The first-order valence-corrected chi connectivity index (χ1v) is 10.6. The molecular formula is C15H27N5O9SSe.